The lowest BCUT2D eigenvalue weighted by Crippen LogP contribution is -2.40. The summed E-state index contributed by atoms with van der Waals surface area (Å²) in [6.45, 7) is 4.17. The number of hydrogen-bond acceptors (Lipinski definition) is 2. The first kappa shape index (κ1) is 12.2. The van der Waals surface area contributed by atoms with Crippen molar-refractivity contribution in [3.8, 4) is 5.75 Å². The minimum atomic E-state index is -0.313. The molecule has 0 aromatic heterocycles. The molecule has 19 heavy (non-hydrogen) atoms. The number of fused-ring (bicyclic) bond motifs is 3. The van der Waals surface area contributed by atoms with E-state index in [0.717, 1.165) is 34.9 Å². The third-order valence-electron chi connectivity index (χ3n) is 4.27. The van der Waals surface area contributed by atoms with Gasteiger partial charge in [-0.15, -0.1) is 0 Å². The van der Waals surface area contributed by atoms with Gasteiger partial charge in [0.1, 0.15) is 11.4 Å². The van der Waals surface area contributed by atoms with Gasteiger partial charge in [0.05, 0.1) is 12.0 Å². The Balaban J connectivity index is 2.21. The fourth-order valence-electron chi connectivity index (χ4n) is 2.92. The summed E-state index contributed by atoms with van der Waals surface area (Å²) in [5.74, 6) is 0.959. The van der Waals surface area contributed by atoms with Gasteiger partial charge in [0.25, 0.3) is 0 Å². The Morgan fingerprint density at radius 3 is 2.58 bits per heavy atom. The predicted octanol–water partition coefficient (Wildman–Crippen LogP) is 4.36. The fourth-order valence-corrected chi connectivity index (χ4v) is 2.92. The van der Waals surface area contributed by atoms with Crippen LogP contribution in [-0.4, -0.2) is 11.4 Å². The van der Waals surface area contributed by atoms with E-state index in [1.165, 1.54) is 0 Å². The monoisotopic (exact) mass is 254 g/mol. The summed E-state index contributed by atoms with van der Waals surface area (Å²) in [6, 6.07) is 12.0. The molecule has 2 heteroatoms. The van der Waals surface area contributed by atoms with Gasteiger partial charge in [0.2, 0.25) is 0 Å². The SMILES string of the molecule is CCC1(CC)CC(=O)c2c(ccc3ccccc23)O1. The molecule has 0 atom stereocenters. The Morgan fingerprint density at radius 2 is 1.84 bits per heavy atom. The fraction of sp³-hybridized carbons (Fsp3) is 0.353. The summed E-state index contributed by atoms with van der Waals surface area (Å²) in [5, 5.41) is 2.10. The van der Waals surface area contributed by atoms with Crippen LogP contribution in [0.4, 0.5) is 0 Å². The number of carbonyl (C=O) groups excluding carboxylic acids is 1. The van der Waals surface area contributed by atoms with Crippen LogP contribution in [0.25, 0.3) is 10.8 Å². The molecule has 0 radical (unpaired) electrons. The van der Waals surface area contributed by atoms with Crippen molar-refractivity contribution < 1.29 is 9.53 Å². The van der Waals surface area contributed by atoms with Gasteiger partial charge in [-0.3, -0.25) is 4.79 Å². The Hall–Kier alpha value is -1.83. The Bertz CT molecular complexity index is 639. The van der Waals surface area contributed by atoms with Crippen molar-refractivity contribution in [1.29, 1.82) is 0 Å². The first-order chi connectivity index (χ1) is 9.19. The van der Waals surface area contributed by atoms with Gasteiger partial charge in [0, 0.05) is 0 Å². The van der Waals surface area contributed by atoms with Crippen molar-refractivity contribution in [1.82, 2.24) is 0 Å². The van der Waals surface area contributed by atoms with E-state index in [1.54, 1.807) is 0 Å². The highest BCUT2D eigenvalue weighted by atomic mass is 16.5. The normalized spacial score (nSPS) is 17.1. The van der Waals surface area contributed by atoms with Crippen molar-refractivity contribution in [3.63, 3.8) is 0 Å². The molecule has 0 amide bonds. The van der Waals surface area contributed by atoms with Gasteiger partial charge >= 0.3 is 0 Å². The second kappa shape index (κ2) is 4.37. The average Bonchev–Trinajstić information content (AvgIpc) is 2.46. The summed E-state index contributed by atoms with van der Waals surface area (Å²) in [4.78, 5) is 12.6. The molecule has 0 N–H and O–H groups in total. The third-order valence-corrected chi connectivity index (χ3v) is 4.27. The Kier molecular flexibility index (Phi) is 2.81. The number of rotatable bonds is 2. The van der Waals surface area contributed by atoms with Crippen LogP contribution in [0, 0.1) is 0 Å². The topological polar surface area (TPSA) is 26.3 Å². The van der Waals surface area contributed by atoms with Crippen molar-refractivity contribution in [2.45, 2.75) is 38.7 Å². The first-order valence-corrected chi connectivity index (χ1v) is 6.93. The van der Waals surface area contributed by atoms with E-state index < -0.39 is 0 Å². The lowest BCUT2D eigenvalue weighted by molar-refractivity contribution is 0.0353. The molecule has 1 heterocycles. The first-order valence-electron chi connectivity index (χ1n) is 6.93. The average molecular weight is 254 g/mol. The summed E-state index contributed by atoms with van der Waals surface area (Å²) in [6.07, 6.45) is 2.21. The second-order valence-electron chi connectivity index (χ2n) is 5.25. The number of hydrogen-bond donors (Lipinski definition) is 0. The molecule has 0 unspecified atom stereocenters. The van der Waals surface area contributed by atoms with Crippen LogP contribution in [-0.2, 0) is 0 Å². The van der Waals surface area contributed by atoms with Gasteiger partial charge in [-0.1, -0.05) is 44.2 Å². The second-order valence-corrected chi connectivity index (χ2v) is 5.25. The number of benzene rings is 2. The maximum absolute atomic E-state index is 12.6. The summed E-state index contributed by atoms with van der Waals surface area (Å²) in [7, 11) is 0. The van der Waals surface area contributed by atoms with E-state index in [2.05, 4.69) is 13.8 Å². The summed E-state index contributed by atoms with van der Waals surface area (Å²) in [5.41, 5.74) is 0.447. The van der Waals surface area contributed by atoms with Crippen LogP contribution in [0.15, 0.2) is 36.4 Å². The van der Waals surface area contributed by atoms with E-state index in [1.807, 2.05) is 36.4 Å². The van der Waals surface area contributed by atoms with Crippen LogP contribution < -0.4 is 4.74 Å². The van der Waals surface area contributed by atoms with Crippen LogP contribution >= 0.6 is 0 Å². The zero-order chi connectivity index (χ0) is 13.5. The van der Waals surface area contributed by atoms with Crippen molar-refractivity contribution in [2.75, 3.05) is 0 Å². The number of ether oxygens (including phenoxy) is 1. The number of carbonyl (C=O) groups is 1. The highest BCUT2D eigenvalue weighted by Gasteiger charge is 2.38. The van der Waals surface area contributed by atoms with Crippen molar-refractivity contribution >= 4 is 16.6 Å². The Morgan fingerprint density at radius 1 is 1.11 bits per heavy atom. The highest BCUT2D eigenvalue weighted by Crippen LogP contribution is 2.40. The van der Waals surface area contributed by atoms with Crippen molar-refractivity contribution in [2.24, 2.45) is 0 Å². The van der Waals surface area contributed by atoms with Gasteiger partial charge in [0.15, 0.2) is 5.78 Å². The van der Waals surface area contributed by atoms with Crippen LogP contribution in [0.5, 0.6) is 5.75 Å². The lowest BCUT2D eigenvalue weighted by Gasteiger charge is -2.37. The highest BCUT2D eigenvalue weighted by molar-refractivity contribution is 6.11. The quantitative estimate of drug-likeness (QED) is 0.795. The lowest BCUT2D eigenvalue weighted by atomic mass is 9.84. The van der Waals surface area contributed by atoms with Gasteiger partial charge in [-0.2, -0.15) is 0 Å². The molecule has 1 aliphatic heterocycles. The molecule has 2 nitrogen and oxygen atoms in total. The van der Waals surface area contributed by atoms with Crippen LogP contribution in [0.1, 0.15) is 43.5 Å². The predicted molar refractivity (Wildman–Crippen MR) is 76.8 cm³/mol. The molecule has 0 saturated carbocycles. The van der Waals surface area contributed by atoms with Crippen LogP contribution in [0.3, 0.4) is 0 Å². The van der Waals surface area contributed by atoms with Gasteiger partial charge in [-0.25, -0.2) is 0 Å². The van der Waals surface area contributed by atoms with E-state index in [9.17, 15) is 4.79 Å². The van der Waals surface area contributed by atoms with Crippen molar-refractivity contribution in [3.05, 3.63) is 42.0 Å². The molecule has 0 spiro atoms. The molecular weight excluding hydrogens is 236 g/mol. The zero-order valence-electron chi connectivity index (χ0n) is 11.4. The van der Waals surface area contributed by atoms with Crippen LogP contribution in [0.2, 0.25) is 0 Å². The molecule has 0 saturated heterocycles. The van der Waals surface area contributed by atoms with E-state index in [0.29, 0.717) is 6.42 Å². The molecule has 1 aliphatic rings. The Labute approximate surface area is 113 Å². The molecule has 2 aromatic carbocycles. The molecule has 2 aromatic rings. The largest absolute Gasteiger partial charge is 0.486 e. The maximum Gasteiger partial charge on any atom is 0.171 e. The zero-order valence-corrected chi connectivity index (χ0v) is 11.4. The number of ketones is 1. The summed E-state index contributed by atoms with van der Waals surface area (Å²) >= 11 is 0. The minimum absolute atomic E-state index is 0.210. The molecule has 0 bridgehead atoms. The minimum Gasteiger partial charge on any atom is -0.486 e. The summed E-state index contributed by atoms with van der Waals surface area (Å²) < 4.78 is 6.18. The van der Waals surface area contributed by atoms with E-state index in [-0.39, 0.29) is 11.4 Å². The molecule has 0 aliphatic carbocycles. The molecule has 3 rings (SSSR count). The smallest absolute Gasteiger partial charge is 0.171 e. The molecule has 98 valence electrons. The third kappa shape index (κ3) is 1.83. The molecule has 0 fully saturated rings. The van der Waals surface area contributed by atoms with Gasteiger partial charge < -0.3 is 4.74 Å². The maximum atomic E-state index is 12.6. The standard InChI is InChI=1S/C17H18O2/c1-3-17(4-2)11-14(18)16-13-8-6-5-7-12(13)9-10-15(16)19-17/h5-10H,3-4,11H2,1-2H3. The number of Topliss-reactive ketones (excluding diaryl/α,β-unsaturated/α-hetero) is 1. The van der Waals surface area contributed by atoms with E-state index in [4.69, 9.17) is 4.74 Å². The van der Waals surface area contributed by atoms with Gasteiger partial charge in [-0.05, 0) is 29.7 Å². The molecular formula is C17H18O2. The van der Waals surface area contributed by atoms with E-state index >= 15 is 0 Å².